The van der Waals surface area contributed by atoms with Gasteiger partial charge in [0.25, 0.3) is 11.6 Å². The van der Waals surface area contributed by atoms with Gasteiger partial charge < -0.3 is 0 Å². The quantitative estimate of drug-likeness (QED) is 0.107. The Kier molecular flexibility index (Phi) is 24.4. The average Bonchev–Trinajstić information content (AvgIpc) is 1.44. The van der Waals surface area contributed by atoms with Gasteiger partial charge in [0.05, 0.1) is 65.5 Å². The number of para-hydroxylation sites is 4. The summed E-state index contributed by atoms with van der Waals surface area (Å²) in [6.45, 7) is 33.5. The lowest BCUT2D eigenvalue weighted by Crippen LogP contribution is -2.32. The number of fused-ring (bicyclic) bond motifs is 15. The van der Waals surface area contributed by atoms with Crippen LogP contribution in [0.1, 0.15) is 117 Å². The number of hydrogen-bond donors (Lipinski definition) is 0. The minimum absolute atomic E-state index is 0.267. The molecule has 13 aromatic carbocycles. The van der Waals surface area contributed by atoms with E-state index in [-0.39, 0.29) is 10.8 Å². The van der Waals surface area contributed by atoms with Crippen molar-refractivity contribution in [1.82, 2.24) is 24.1 Å². The molecule has 8 heterocycles. The van der Waals surface area contributed by atoms with E-state index in [0.29, 0.717) is 5.92 Å². The van der Waals surface area contributed by atoms with E-state index in [0.717, 1.165) is 29.4 Å². The van der Waals surface area contributed by atoms with Crippen LogP contribution in [0.2, 0.25) is 0 Å². The number of pyridine rings is 6. The van der Waals surface area contributed by atoms with Crippen molar-refractivity contribution in [3.8, 4) is 62.2 Å². The summed E-state index contributed by atoms with van der Waals surface area (Å²) in [5, 5.41) is 21.5. The van der Waals surface area contributed by atoms with Gasteiger partial charge in [-0.1, -0.05) is 262 Å². The predicted molar refractivity (Wildman–Crippen MR) is 546 cm³/mol. The molecular weight excluding hydrogens is 1580 g/mol. The molecule has 0 amide bonds. The van der Waals surface area contributed by atoms with Gasteiger partial charge in [0.15, 0.2) is 18.6 Å². The lowest BCUT2D eigenvalue weighted by molar-refractivity contribution is -0.660. The normalized spacial score (nSPS) is 11.7. The van der Waals surface area contributed by atoms with Crippen LogP contribution < -0.4 is 22.8 Å². The third kappa shape index (κ3) is 17.5. The molecule has 0 aliphatic rings. The molecule has 0 saturated carbocycles. The summed E-state index contributed by atoms with van der Waals surface area (Å²) in [4.78, 5) is 14.2. The van der Waals surface area contributed by atoms with Crippen LogP contribution in [-0.2, 0) is 55.1 Å². The minimum Gasteiger partial charge on any atom is -0.256 e. The number of aromatic nitrogens is 10. The smallest absolute Gasteiger partial charge is 0.256 e. The molecule has 0 unspecified atom stereocenters. The van der Waals surface area contributed by atoms with Gasteiger partial charge in [0.2, 0.25) is 17.1 Å². The molecule has 646 valence electrons. The van der Waals surface area contributed by atoms with Crippen LogP contribution in [0.4, 0.5) is 0 Å². The highest BCUT2D eigenvalue weighted by molar-refractivity contribution is 6.16. The van der Waals surface area contributed by atoms with Gasteiger partial charge in [-0.25, -0.2) is 27.4 Å². The van der Waals surface area contributed by atoms with Gasteiger partial charge in [0.1, 0.15) is 51.1 Å². The monoisotopic (exact) mass is 1700 g/mol. The average molecular weight is 1700 g/mol. The highest BCUT2D eigenvalue weighted by Crippen LogP contribution is 2.42. The lowest BCUT2D eigenvalue weighted by Gasteiger charge is -2.18. The van der Waals surface area contributed by atoms with Crippen LogP contribution >= 0.6 is 0 Å². The van der Waals surface area contributed by atoms with Crippen LogP contribution in [0.3, 0.4) is 0 Å². The minimum atomic E-state index is 0.267. The molecule has 0 N–H and O–H groups in total. The van der Waals surface area contributed by atoms with Gasteiger partial charge in [-0.2, -0.15) is 4.57 Å². The van der Waals surface area contributed by atoms with Gasteiger partial charge in [-0.3, -0.25) is 15.0 Å². The largest absolute Gasteiger partial charge is 0.294 e. The lowest BCUT2D eigenvalue weighted by atomic mass is 9.87. The second-order valence-electron chi connectivity index (χ2n) is 38.6. The number of hydrogen-bond acceptors (Lipinski definition) is 3. The van der Waals surface area contributed by atoms with E-state index in [1.807, 2.05) is 36.8 Å². The van der Waals surface area contributed by atoms with Gasteiger partial charge >= 0.3 is 0 Å². The summed E-state index contributed by atoms with van der Waals surface area (Å²) < 4.78 is 15.8. The molecule has 8 aromatic heterocycles. The molecule has 21 aromatic rings. The van der Waals surface area contributed by atoms with E-state index in [2.05, 4.69) is 464 Å². The van der Waals surface area contributed by atoms with Gasteiger partial charge in [-0.05, 0) is 207 Å². The summed E-state index contributed by atoms with van der Waals surface area (Å²) in [6, 6.07) is 95.7. The third-order valence-electron chi connectivity index (χ3n) is 26.0. The fourth-order valence-electron chi connectivity index (χ4n) is 19.7. The zero-order chi connectivity index (χ0) is 91.3. The van der Waals surface area contributed by atoms with Gasteiger partial charge in [0, 0.05) is 92.2 Å². The van der Waals surface area contributed by atoms with Crippen molar-refractivity contribution in [1.29, 1.82) is 0 Å². The summed E-state index contributed by atoms with van der Waals surface area (Å²) in [5.41, 5.74) is 28.2. The zero-order valence-electron chi connectivity index (χ0n) is 79.6. The van der Waals surface area contributed by atoms with Gasteiger partial charge in [-0.15, -0.1) is 0 Å². The number of benzene rings is 13. The maximum absolute atomic E-state index is 4.74. The molecular formula is C120H121N10+5. The Labute approximate surface area is 766 Å². The molecule has 0 spiro atoms. The first-order valence-electron chi connectivity index (χ1n) is 45.7. The highest BCUT2D eigenvalue weighted by atomic mass is 15.1. The maximum Gasteiger partial charge on any atom is 0.294 e. The van der Waals surface area contributed by atoms with Crippen LogP contribution in [0.15, 0.2) is 323 Å². The third-order valence-corrected chi connectivity index (χ3v) is 26.0. The zero-order valence-corrected chi connectivity index (χ0v) is 79.6. The number of imidazole rings is 2. The fraction of sp³-hybridized carbons (Fsp3) is 0.217. The number of rotatable bonds is 9. The Balaban J connectivity index is 0.000000114. The van der Waals surface area contributed by atoms with Crippen molar-refractivity contribution in [3.05, 3.63) is 378 Å². The Morgan fingerprint density at radius 3 is 1.14 bits per heavy atom. The van der Waals surface area contributed by atoms with E-state index in [1.54, 1.807) is 0 Å². The molecule has 0 saturated heterocycles. The molecule has 130 heavy (non-hydrogen) atoms. The molecule has 21 rings (SSSR count). The Hall–Kier alpha value is -14.2. The van der Waals surface area contributed by atoms with Crippen molar-refractivity contribution in [3.63, 3.8) is 0 Å². The first-order valence-corrected chi connectivity index (χ1v) is 45.7. The molecule has 0 fully saturated rings. The van der Waals surface area contributed by atoms with Crippen molar-refractivity contribution >= 4 is 108 Å². The van der Waals surface area contributed by atoms with Crippen LogP contribution in [-0.4, -0.2) is 24.1 Å². The summed E-state index contributed by atoms with van der Waals surface area (Å²) >= 11 is 0. The van der Waals surface area contributed by atoms with Crippen LogP contribution in [0.25, 0.3) is 170 Å². The van der Waals surface area contributed by atoms with E-state index in [4.69, 9.17) is 15.0 Å². The van der Waals surface area contributed by atoms with Crippen molar-refractivity contribution < 1.29 is 22.8 Å². The van der Waals surface area contributed by atoms with E-state index < -0.39 is 0 Å². The standard InChI is InChI=1S/C25H21N2.2C25H27N2.C23H25N2.C22H21N2/c1-18-12-14-22-21-11-7-6-8-19(21)13-15-23(22)24(18)25-26(2)16-17-27(25)20-9-4-3-5-10-20;1-17-10-12-19-20-8-6-7-9-22(20)26-15-21(19)24(17)23-13-11-18(16-27(23)5)14-25(2,3)4;1-17-10-11-19-20-8-6-7-9-22(20)26-16-21(19)24(17)23-14-18(12-13-27(23)5)15-25(2,3)4;1-15(2)21-14-24(4)23(25(21)5)22-16(3)10-12-19-18-9-7-6-8-17(18)11-13-20(19)22;1-14-9-10-17-18-7-5-6-8-20(18)23-12-19(17)22(14)21-11-15(2)16(3)13-24(21)4/h3-17H,1-2H3;6-13,15-16H,14H2,1-5H3;6-14,16H,15H2,1-5H3;6-15H,1-5H3;5-13H,1-4H3/q5*+1. The summed E-state index contributed by atoms with van der Waals surface area (Å²) in [5.74, 6) is 2.96. The Morgan fingerprint density at radius 2 is 0.685 bits per heavy atom. The molecule has 0 atom stereocenters. The molecule has 0 aliphatic heterocycles. The first kappa shape index (κ1) is 87.8. The van der Waals surface area contributed by atoms with Crippen molar-refractivity contribution in [2.75, 3.05) is 0 Å². The van der Waals surface area contributed by atoms with Crippen LogP contribution in [0, 0.1) is 59.3 Å². The molecule has 10 nitrogen and oxygen atoms in total. The molecule has 0 radical (unpaired) electrons. The Morgan fingerprint density at radius 1 is 0.292 bits per heavy atom. The van der Waals surface area contributed by atoms with Crippen LogP contribution in [0.5, 0.6) is 0 Å². The summed E-state index contributed by atoms with van der Waals surface area (Å²) in [6.07, 6.45) is 21.4. The Bertz CT molecular complexity index is 7950. The SMILES string of the molecule is Cc1cc(-c2c(C)ccc3c2cnc2ccccc23)[n+](C)cc1C.Cc1ccc2c(ccc3ccccc32)c1-c1n(-c2ccccc2)cc[n+]1C.Cc1ccc2c(ccc3ccccc32)c1-c1n(C)c(C(C)C)c[n+]1C.Cc1ccc2c(cnc3ccccc32)c1-c1cc(CC(C)(C)C)cc[n+]1C.Cc1ccc2c(cnc3ccccc32)c1-c1ccc(CC(C)(C)C)c[n+]1C. The van der Waals surface area contributed by atoms with E-state index in [9.17, 15) is 0 Å². The summed E-state index contributed by atoms with van der Waals surface area (Å²) in [7, 11) is 12.9. The molecule has 0 aliphatic carbocycles. The second-order valence-corrected chi connectivity index (χ2v) is 38.6. The van der Waals surface area contributed by atoms with E-state index >= 15 is 0 Å². The van der Waals surface area contributed by atoms with Crippen molar-refractivity contribution in [2.45, 2.75) is 123 Å². The first-order chi connectivity index (χ1) is 62.4. The molecule has 10 heteroatoms. The topological polar surface area (TPSA) is 67.9 Å². The predicted octanol–water partition coefficient (Wildman–Crippen LogP) is 27.2. The highest BCUT2D eigenvalue weighted by Gasteiger charge is 2.29. The molecule has 0 bridgehead atoms. The maximum atomic E-state index is 4.74. The number of aryl methyl sites for hydroxylation is 12. The number of nitrogens with zero attached hydrogens (tertiary/aromatic N) is 10. The fourth-order valence-corrected chi connectivity index (χ4v) is 19.7. The van der Waals surface area contributed by atoms with E-state index in [1.165, 1.54) is 210 Å². The van der Waals surface area contributed by atoms with Crippen molar-refractivity contribution in [2.24, 2.45) is 53.1 Å². The second kappa shape index (κ2) is 36.1.